The summed E-state index contributed by atoms with van der Waals surface area (Å²) in [6, 6.07) is 0. The van der Waals surface area contributed by atoms with Crippen LogP contribution in [-0.2, 0) is 4.79 Å². The van der Waals surface area contributed by atoms with Crippen molar-refractivity contribution in [1.29, 1.82) is 0 Å². The Labute approximate surface area is 61.8 Å². The summed E-state index contributed by atoms with van der Waals surface area (Å²) in [5, 5.41) is 11.5. The van der Waals surface area contributed by atoms with Crippen LogP contribution in [0.3, 0.4) is 0 Å². The standard InChI is InChI=1S/C5H6N4O2/c6-9-3(5(10)11)4-7-1-2-8-4/h1-2H,6H2,(H,7,8)(H,10,11). The number of carboxylic acid groups (broad SMARTS) is 1. The molecule has 6 nitrogen and oxygen atoms in total. The minimum Gasteiger partial charge on any atom is -0.476 e. The average Bonchev–Trinajstić information content (AvgIpc) is 2.40. The van der Waals surface area contributed by atoms with Crippen LogP contribution in [0.2, 0.25) is 0 Å². The molecule has 1 heterocycles. The molecule has 1 aromatic rings. The molecule has 0 bridgehead atoms. The van der Waals surface area contributed by atoms with E-state index in [0.29, 0.717) is 0 Å². The van der Waals surface area contributed by atoms with E-state index in [-0.39, 0.29) is 11.5 Å². The predicted molar refractivity (Wildman–Crippen MR) is 36.9 cm³/mol. The lowest BCUT2D eigenvalue weighted by atomic mass is 10.4. The molecule has 1 aromatic heterocycles. The van der Waals surface area contributed by atoms with Crippen LogP contribution in [0.25, 0.3) is 0 Å². The van der Waals surface area contributed by atoms with E-state index in [4.69, 9.17) is 10.9 Å². The number of rotatable bonds is 2. The number of nitrogens with two attached hydrogens (primary N) is 1. The molecule has 0 unspecified atom stereocenters. The fourth-order valence-electron chi connectivity index (χ4n) is 0.612. The molecule has 0 fully saturated rings. The number of hydrazone groups is 1. The molecule has 0 aromatic carbocycles. The van der Waals surface area contributed by atoms with Crippen LogP contribution in [0.15, 0.2) is 17.5 Å². The van der Waals surface area contributed by atoms with Crippen molar-refractivity contribution in [2.45, 2.75) is 0 Å². The highest BCUT2D eigenvalue weighted by Crippen LogP contribution is 1.91. The number of hydrogen-bond donors (Lipinski definition) is 3. The molecule has 0 saturated heterocycles. The van der Waals surface area contributed by atoms with Crippen molar-refractivity contribution in [1.82, 2.24) is 9.97 Å². The van der Waals surface area contributed by atoms with Gasteiger partial charge in [-0.3, -0.25) is 0 Å². The monoisotopic (exact) mass is 154 g/mol. The molecule has 1 rings (SSSR count). The Balaban J connectivity index is 2.99. The zero-order valence-corrected chi connectivity index (χ0v) is 5.48. The minimum absolute atomic E-state index is 0.153. The van der Waals surface area contributed by atoms with E-state index >= 15 is 0 Å². The van der Waals surface area contributed by atoms with Gasteiger partial charge in [0, 0.05) is 12.4 Å². The Kier molecular flexibility index (Phi) is 1.86. The minimum atomic E-state index is -1.21. The molecular weight excluding hydrogens is 148 g/mol. The second-order valence-electron chi connectivity index (χ2n) is 1.72. The highest BCUT2D eigenvalue weighted by atomic mass is 16.4. The smallest absolute Gasteiger partial charge is 0.360 e. The number of aromatic nitrogens is 2. The van der Waals surface area contributed by atoms with Gasteiger partial charge >= 0.3 is 5.97 Å². The molecule has 6 heteroatoms. The fourth-order valence-corrected chi connectivity index (χ4v) is 0.612. The van der Waals surface area contributed by atoms with Crippen molar-refractivity contribution >= 4 is 11.7 Å². The van der Waals surface area contributed by atoms with Gasteiger partial charge in [0.05, 0.1) is 0 Å². The number of H-pyrrole nitrogens is 1. The number of hydrogen-bond acceptors (Lipinski definition) is 4. The lowest BCUT2D eigenvalue weighted by Crippen LogP contribution is -2.17. The van der Waals surface area contributed by atoms with Crippen molar-refractivity contribution in [3.63, 3.8) is 0 Å². The maximum Gasteiger partial charge on any atom is 0.360 e. The number of nitrogens with zero attached hydrogens (tertiary/aromatic N) is 2. The Morgan fingerprint density at radius 2 is 2.55 bits per heavy atom. The molecule has 58 valence electrons. The molecule has 0 aliphatic rings. The molecule has 0 radical (unpaired) electrons. The molecule has 0 saturated carbocycles. The first-order valence-electron chi connectivity index (χ1n) is 2.76. The van der Waals surface area contributed by atoms with Gasteiger partial charge in [-0.25, -0.2) is 9.78 Å². The molecule has 0 aliphatic heterocycles. The molecular formula is C5H6N4O2. The first-order chi connectivity index (χ1) is 5.25. The Morgan fingerprint density at radius 3 is 2.91 bits per heavy atom. The van der Waals surface area contributed by atoms with Crippen molar-refractivity contribution in [3.8, 4) is 0 Å². The van der Waals surface area contributed by atoms with Gasteiger partial charge in [-0.05, 0) is 0 Å². The van der Waals surface area contributed by atoms with E-state index in [9.17, 15) is 4.79 Å². The number of carbonyl (C=O) groups is 1. The van der Waals surface area contributed by atoms with Crippen LogP contribution in [-0.4, -0.2) is 26.8 Å². The van der Waals surface area contributed by atoms with Gasteiger partial charge in [0.15, 0.2) is 5.82 Å². The van der Waals surface area contributed by atoms with Crippen molar-refractivity contribution in [3.05, 3.63) is 18.2 Å². The summed E-state index contributed by atoms with van der Waals surface area (Å²) in [6.07, 6.45) is 2.91. The normalized spacial score (nSPS) is 11.5. The summed E-state index contributed by atoms with van der Waals surface area (Å²) in [5.74, 6) is 3.76. The van der Waals surface area contributed by atoms with Crippen LogP contribution in [0.5, 0.6) is 0 Å². The lowest BCUT2D eigenvalue weighted by Gasteiger charge is -1.91. The van der Waals surface area contributed by atoms with Gasteiger partial charge in [0.1, 0.15) is 0 Å². The van der Waals surface area contributed by atoms with Gasteiger partial charge in [-0.15, -0.1) is 0 Å². The summed E-state index contributed by atoms with van der Waals surface area (Å²) >= 11 is 0. The number of aliphatic carboxylic acids is 1. The van der Waals surface area contributed by atoms with Gasteiger partial charge in [-0.1, -0.05) is 0 Å². The third kappa shape index (κ3) is 1.34. The fraction of sp³-hybridized carbons (Fsp3) is 0. The van der Waals surface area contributed by atoms with Crippen LogP contribution in [0.4, 0.5) is 0 Å². The quantitative estimate of drug-likeness (QED) is 0.293. The van der Waals surface area contributed by atoms with Crippen LogP contribution in [0.1, 0.15) is 5.82 Å². The second-order valence-corrected chi connectivity index (χ2v) is 1.72. The summed E-state index contributed by atoms with van der Waals surface area (Å²) in [5.41, 5.74) is -0.282. The Bertz CT molecular complexity index is 277. The van der Waals surface area contributed by atoms with E-state index in [1.165, 1.54) is 12.4 Å². The predicted octanol–water partition coefficient (Wildman–Crippen LogP) is -0.843. The maximum atomic E-state index is 10.4. The number of imidazole rings is 1. The van der Waals surface area contributed by atoms with Crippen molar-refractivity contribution < 1.29 is 9.90 Å². The zero-order valence-electron chi connectivity index (χ0n) is 5.48. The molecule has 0 atom stereocenters. The summed E-state index contributed by atoms with van der Waals surface area (Å²) in [6.45, 7) is 0. The highest BCUT2D eigenvalue weighted by Gasteiger charge is 2.13. The topological polar surface area (TPSA) is 104 Å². The van der Waals surface area contributed by atoms with E-state index < -0.39 is 5.97 Å². The molecule has 4 N–H and O–H groups in total. The zero-order chi connectivity index (χ0) is 8.27. The maximum absolute atomic E-state index is 10.4. The highest BCUT2D eigenvalue weighted by molar-refractivity contribution is 6.41. The number of aromatic amines is 1. The van der Waals surface area contributed by atoms with Crippen LogP contribution < -0.4 is 5.84 Å². The SMILES string of the molecule is NN=C(C(=O)O)c1ncc[nH]1. The van der Waals surface area contributed by atoms with E-state index in [0.717, 1.165) is 0 Å². The van der Waals surface area contributed by atoms with E-state index in [1.54, 1.807) is 0 Å². The first kappa shape index (κ1) is 7.26. The molecule has 0 amide bonds. The first-order valence-corrected chi connectivity index (χ1v) is 2.76. The van der Waals surface area contributed by atoms with Gasteiger partial charge < -0.3 is 15.9 Å². The van der Waals surface area contributed by atoms with Crippen LogP contribution in [0, 0.1) is 0 Å². The molecule has 0 spiro atoms. The van der Waals surface area contributed by atoms with Crippen molar-refractivity contribution in [2.24, 2.45) is 10.9 Å². The van der Waals surface area contributed by atoms with E-state index in [1.807, 2.05) is 0 Å². The van der Waals surface area contributed by atoms with Gasteiger partial charge in [-0.2, -0.15) is 5.10 Å². The number of carboxylic acids is 1. The Morgan fingerprint density at radius 1 is 1.82 bits per heavy atom. The van der Waals surface area contributed by atoms with Gasteiger partial charge in [0.25, 0.3) is 0 Å². The summed E-state index contributed by atoms with van der Waals surface area (Å²) < 4.78 is 0. The average molecular weight is 154 g/mol. The van der Waals surface area contributed by atoms with E-state index in [2.05, 4.69) is 15.1 Å². The largest absolute Gasteiger partial charge is 0.476 e. The third-order valence-electron chi connectivity index (χ3n) is 1.05. The summed E-state index contributed by atoms with van der Waals surface area (Å²) in [7, 11) is 0. The number of nitrogens with one attached hydrogen (secondary N) is 1. The van der Waals surface area contributed by atoms with Crippen LogP contribution >= 0.6 is 0 Å². The molecule has 11 heavy (non-hydrogen) atoms. The lowest BCUT2D eigenvalue weighted by molar-refractivity contribution is -0.129. The second kappa shape index (κ2) is 2.82. The van der Waals surface area contributed by atoms with Crippen molar-refractivity contribution in [2.75, 3.05) is 0 Å². The summed E-state index contributed by atoms with van der Waals surface area (Å²) in [4.78, 5) is 16.6. The Hall–Kier alpha value is -1.85. The molecule has 0 aliphatic carbocycles. The van der Waals surface area contributed by atoms with Gasteiger partial charge in [0.2, 0.25) is 5.71 Å². The third-order valence-corrected chi connectivity index (χ3v) is 1.05.